The Balaban J connectivity index is 4.02. The second-order valence-electron chi connectivity index (χ2n) is 0.913. The van der Waals surface area contributed by atoms with Crippen LogP contribution in [0.4, 0.5) is 0 Å². The summed E-state index contributed by atoms with van der Waals surface area (Å²) in [6.07, 6.45) is 0. The standard InChI is InChI=1S/CCl6P/c2-1(3,4)8(5,6)7/q+1. The number of rotatable bonds is 0. The highest BCUT2D eigenvalue weighted by Gasteiger charge is 2.56. The zero-order valence-electron chi connectivity index (χ0n) is 3.22. The molecule has 0 atom stereocenters. The van der Waals surface area contributed by atoms with Crippen molar-refractivity contribution in [1.29, 1.82) is 0 Å². The number of halogens is 6. The minimum absolute atomic E-state index is 1.74. The monoisotopic (exact) mass is 253 g/mol. The van der Waals surface area contributed by atoms with E-state index in [0.29, 0.717) is 0 Å². The van der Waals surface area contributed by atoms with Crippen molar-refractivity contribution in [1.82, 2.24) is 0 Å². The molecule has 0 amide bonds. The highest BCUT2D eigenvalue weighted by Crippen LogP contribution is 2.85. The summed E-state index contributed by atoms with van der Waals surface area (Å²) in [4.78, 5) is 0. The highest BCUT2D eigenvalue weighted by molar-refractivity contribution is 8.35. The van der Waals surface area contributed by atoms with Gasteiger partial charge in [0.25, 0.3) is 0 Å². The van der Waals surface area contributed by atoms with E-state index < -0.39 is 8.85 Å². The van der Waals surface area contributed by atoms with Gasteiger partial charge in [-0.3, -0.25) is 0 Å². The van der Waals surface area contributed by atoms with Crippen LogP contribution in [0.5, 0.6) is 0 Å². The Morgan fingerprint density at radius 2 is 1.00 bits per heavy atom. The van der Waals surface area contributed by atoms with Gasteiger partial charge < -0.3 is 0 Å². The first-order chi connectivity index (χ1) is 3.25. The summed E-state index contributed by atoms with van der Waals surface area (Å²) in [5.41, 5.74) is 0. The number of alkyl halides is 3. The third-order valence-electron chi connectivity index (χ3n) is 0.287. The lowest BCUT2D eigenvalue weighted by Crippen LogP contribution is -1.94. The van der Waals surface area contributed by atoms with Crippen LogP contribution in [0.25, 0.3) is 0 Å². The quantitative estimate of drug-likeness (QED) is 0.431. The van der Waals surface area contributed by atoms with Gasteiger partial charge in [0.15, 0.2) is 0 Å². The third-order valence-corrected chi connectivity index (χ3v) is 7.76. The Morgan fingerprint density at radius 3 is 1.00 bits per heavy atom. The molecule has 0 aliphatic carbocycles. The molecule has 0 radical (unpaired) electrons. The van der Waals surface area contributed by atoms with Crippen molar-refractivity contribution in [3.05, 3.63) is 0 Å². The summed E-state index contributed by atoms with van der Waals surface area (Å²) in [7, 11) is 0. The van der Waals surface area contributed by atoms with Crippen LogP contribution in [0.2, 0.25) is 0 Å². The molecule has 0 N–H and O–H groups in total. The van der Waals surface area contributed by atoms with Crippen molar-refractivity contribution < 1.29 is 0 Å². The summed E-state index contributed by atoms with van der Waals surface area (Å²) in [6.45, 7) is 0. The van der Waals surface area contributed by atoms with E-state index in [1.807, 2.05) is 0 Å². The summed E-state index contributed by atoms with van der Waals surface area (Å²) in [6, 6.07) is 0. The maximum Gasteiger partial charge on any atom is 0.359 e. The molecular weight excluding hydrogens is 256 g/mol. The molecule has 0 rings (SSSR count). The van der Waals surface area contributed by atoms with Crippen LogP contribution in [0.1, 0.15) is 0 Å². The van der Waals surface area contributed by atoms with E-state index in [1.165, 1.54) is 0 Å². The van der Waals surface area contributed by atoms with E-state index in [2.05, 4.69) is 0 Å². The predicted molar refractivity (Wildman–Crippen MR) is 44.8 cm³/mol. The van der Waals surface area contributed by atoms with Crippen LogP contribution in [0, 0.1) is 0 Å². The first-order valence-corrected chi connectivity index (χ1v) is 6.94. The number of hydrogen-bond acceptors (Lipinski definition) is 0. The van der Waals surface area contributed by atoms with Gasteiger partial charge in [-0.25, -0.2) is 0 Å². The number of hydrogen-bond donors (Lipinski definition) is 0. The zero-order valence-corrected chi connectivity index (χ0v) is 8.65. The van der Waals surface area contributed by atoms with Gasteiger partial charge in [-0.05, 0) is 34.8 Å². The van der Waals surface area contributed by atoms with Gasteiger partial charge >= 0.3 is 8.85 Å². The fourth-order valence-corrected chi connectivity index (χ4v) is 0. The molecule has 8 heavy (non-hydrogen) atoms. The van der Waals surface area contributed by atoms with Crippen molar-refractivity contribution in [3.8, 4) is 0 Å². The Labute approximate surface area is 77.0 Å². The van der Waals surface area contributed by atoms with Gasteiger partial charge in [0.2, 0.25) is 0 Å². The minimum atomic E-state index is -2.89. The second kappa shape index (κ2) is 3.05. The molecule has 0 aromatic rings. The molecule has 0 saturated carbocycles. The zero-order chi connectivity index (χ0) is 7.00. The molecule has 0 fully saturated rings. The Morgan fingerprint density at radius 1 is 0.875 bits per heavy atom. The molecule has 0 saturated heterocycles. The smallest absolute Gasteiger partial charge is 0.0356 e. The lowest BCUT2D eigenvalue weighted by atomic mass is 11.8. The van der Waals surface area contributed by atoms with Crippen LogP contribution in [-0.2, 0) is 0 Å². The molecule has 7 heteroatoms. The summed E-state index contributed by atoms with van der Waals surface area (Å²) in [5, 5.41) is -2.89. The molecule has 0 unspecified atom stereocenters. The molecule has 0 aromatic heterocycles. The third kappa shape index (κ3) is 3.37. The van der Waals surface area contributed by atoms with Crippen molar-refractivity contribution in [3.63, 3.8) is 0 Å². The first kappa shape index (κ1) is 10.2. The predicted octanol–water partition coefficient (Wildman–Crippen LogP) is 4.79. The highest BCUT2D eigenvalue weighted by atomic mass is 36.1. The van der Waals surface area contributed by atoms with Crippen LogP contribution < -0.4 is 0 Å². The van der Waals surface area contributed by atoms with Crippen molar-refractivity contribution in [2.75, 3.05) is 0 Å². The van der Waals surface area contributed by atoms with E-state index in [0.717, 1.165) is 0 Å². The first-order valence-electron chi connectivity index (χ1n) is 1.30. The van der Waals surface area contributed by atoms with Crippen LogP contribution in [0.3, 0.4) is 0 Å². The van der Waals surface area contributed by atoms with Crippen molar-refractivity contribution in [2.24, 2.45) is 0 Å². The molecule has 50 valence electrons. The summed E-state index contributed by atoms with van der Waals surface area (Å²) >= 11 is 31.3. The lowest BCUT2D eigenvalue weighted by molar-refractivity contribution is 1.77. The molecule has 0 aromatic carbocycles. The Hall–Kier alpha value is 2.17. The van der Waals surface area contributed by atoms with Crippen LogP contribution >= 0.6 is 73.8 Å². The molecule has 0 spiro atoms. The van der Waals surface area contributed by atoms with E-state index in [9.17, 15) is 0 Å². The normalized spacial score (nSPS) is 14.2. The van der Waals surface area contributed by atoms with Gasteiger partial charge in [-0.15, -0.1) is 0 Å². The van der Waals surface area contributed by atoms with Gasteiger partial charge in [-0.1, -0.05) is 0 Å². The van der Waals surface area contributed by atoms with Crippen molar-refractivity contribution in [2.45, 2.75) is 3.53 Å². The lowest BCUT2D eigenvalue weighted by Gasteiger charge is -2.07. The molecule has 0 aliphatic rings. The minimum Gasteiger partial charge on any atom is -0.0356 e. The van der Waals surface area contributed by atoms with Gasteiger partial charge in [0.1, 0.15) is 33.7 Å². The Kier molecular flexibility index (Phi) is 3.88. The van der Waals surface area contributed by atoms with Crippen LogP contribution in [-0.4, -0.2) is 3.53 Å². The molecule has 0 heterocycles. The summed E-state index contributed by atoms with van der Waals surface area (Å²) in [5.74, 6) is 0. The molecule has 0 nitrogen and oxygen atoms in total. The van der Waals surface area contributed by atoms with E-state index >= 15 is 0 Å². The van der Waals surface area contributed by atoms with E-state index in [-0.39, 0.29) is 0 Å². The van der Waals surface area contributed by atoms with Crippen molar-refractivity contribution >= 4 is 73.8 Å². The molecule has 0 bridgehead atoms. The van der Waals surface area contributed by atoms with E-state index in [1.54, 1.807) is 0 Å². The van der Waals surface area contributed by atoms with Gasteiger partial charge in [0.05, 0.1) is 0 Å². The molecular formula is CCl6P+. The Bertz CT molecular complexity index is 63.5. The topological polar surface area (TPSA) is 0 Å². The second-order valence-corrected chi connectivity index (χ2v) is 11.7. The maximum atomic E-state index is 5.26. The maximum absolute atomic E-state index is 5.26. The molecule has 0 aliphatic heterocycles. The fraction of sp³-hybridized carbons (Fsp3) is 1.00. The van der Waals surface area contributed by atoms with E-state index in [4.69, 9.17) is 68.5 Å². The SMILES string of the molecule is ClC(Cl)(Cl)[P+](Cl)(Cl)Cl. The summed E-state index contributed by atoms with van der Waals surface area (Å²) < 4.78 is -1.74. The fourth-order valence-electron chi connectivity index (χ4n) is 0. The average Bonchev–Trinajstić information content (AvgIpc) is 1.25. The largest absolute Gasteiger partial charge is 0.359 e. The van der Waals surface area contributed by atoms with Gasteiger partial charge in [0, 0.05) is 0 Å². The average molecular weight is 256 g/mol. The van der Waals surface area contributed by atoms with Crippen LogP contribution in [0.15, 0.2) is 0 Å². The van der Waals surface area contributed by atoms with Gasteiger partial charge in [-0.2, -0.15) is 0 Å².